The zero-order valence-corrected chi connectivity index (χ0v) is 7.81. The van der Waals surface area contributed by atoms with E-state index in [9.17, 15) is 0 Å². The highest BCUT2D eigenvalue weighted by Gasteiger charge is 2.17. The maximum absolute atomic E-state index is 5.70. The van der Waals surface area contributed by atoms with Crippen LogP contribution in [0.25, 0.3) is 0 Å². The molecule has 1 aliphatic heterocycles. The number of benzene rings is 1. The van der Waals surface area contributed by atoms with E-state index in [1.807, 2.05) is 11.8 Å². The van der Waals surface area contributed by atoms with Crippen molar-refractivity contribution in [3.05, 3.63) is 35.4 Å². The Bertz CT molecular complexity index is 272. The van der Waals surface area contributed by atoms with E-state index in [0.29, 0.717) is 5.25 Å². The fraction of sp³-hybridized carbons (Fsp3) is 0.400. The molecule has 0 fully saturated rings. The van der Waals surface area contributed by atoms with Crippen LogP contribution in [0.4, 0.5) is 0 Å². The molecule has 1 nitrogen and oxygen atoms in total. The maximum Gasteiger partial charge on any atom is 0.0422 e. The summed E-state index contributed by atoms with van der Waals surface area (Å²) in [5.41, 5.74) is 8.64. The molecule has 12 heavy (non-hydrogen) atoms. The van der Waals surface area contributed by atoms with Crippen LogP contribution in [0.15, 0.2) is 24.3 Å². The van der Waals surface area contributed by atoms with Crippen molar-refractivity contribution in [2.45, 2.75) is 11.7 Å². The van der Waals surface area contributed by atoms with Crippen LogP contribution in [0.5, 0.6) is 0 Å². The maximum atomic E-state index is 5.70. The molecule has 1 atom stereocenters. The van der Waals surface area contributed by atoms with Crippen molar-refractivity contribution in [1.29, 1.82) is 0 Å². The van der Waals surface area contributed by atoms with Crippen molar-refractivity contribution in [3.63, 3.8) is 0 Å². The van der Waals surface area contributed by atoms with Crippen molar-refractivity contribution in [2.75, 3.05) is 12.3 Å². The molecule has 64 valence electrons. The number of fused-ring (bicyclic) bond motifs is 1. The van der Waals surface area contributed by atoms with Crippen molar-refractivity contribution in [3.8, 4) is 0 Å². The molecule has 0 spiro atoms. The Morgan fingerprint density at radius 1 is 1.42 bits per heavy atom. The highest BCUT2D eigenvalue weighted by molar-refractivity contribution is 7.99. The minimum absolute atomic E-state index is 0.537. The molecule has 0 saturated carbocycles. The van der Waals surface area contributed by atoms with Gasteiger partial charge >= 0.3 is 0 Å². The Morgan fingerprint density at radius 2 is 2.25 bits per heavy atom. The van der Waals surface area contributed by atoms with E-state index in [0.717, 1.165) is 6.54 Å². The molecule has 0 radical (unpaired) electrons. The van der Waals surface area contributed by atoms with Crippen LogP contribution in [0.3, 0.4) is 0 Å². The Labute approximate surface area is 77.3 Å². The lowest BCUT2D eigenvalue weighted by atomic mass is 10.0. The average Bonchev–Trinajstić information content (AvgIpc) is 2.17. The first-order valence-corrected chi connectivity index (χ1v) is 5.36. The van der Waals surface area contributed by atoms with E-state index in [2.05, 4.69) is 24.3 Å². The van der Waals surface area contributed by atoms with Crippen molar-refractivity contribution in [2.24, 2.45) is 5.73 Å². The van der Waals surface area contributed by atoms with Gasteiger partial charge in [0.25, 0.3) is 0 Å². The van der Waals surface area contributed by atoms with Gasteiger partial charge in [-0.25, -0.2) is 0 Å². The Balaban J connectivity index is 2.37. The zero-order valence-electron chi connectivity index (χ0n) is 6.99. The Kier molecular flexibility index (Phi) is 2.38. The average molecular weight is 179 g/mol. The molecule has 2 N–H and O–H groups in total. The van der Waals surface area contributed by atoms with Gasteiger partial charge in [0.1, 0.15) is 0 Å². The second-order valence-electron chi connectivity index (χ2n) is 3.04. The molecule has 1 heterocycles. The molecule has 0 amide bonds. The molecule has 0 bridgehead atoms. The van der Waals surface area contributed by atoms with Gasteiger partial charge in [-0.05, 0) is 23.3 Å². The smallest absolute Gasteiger partial charge is 0.0422 e. The van der Waals surface area contributed by atoms with Crippen LogP contribution in [0.2, 0.25) is 0 Å². The topological polar surface area (TPSA) is 26.0 Å². The van der Waals surface area contributed by atoms with E-state index >= 15 is 0 Å². The lowest BCUT2D eigenvalue weighted by molar-refractivity contribution is 0.895. The summed E-state index contributed by atoms with van der Waals surface area (Å²) in [6.45, 7) is 0.766. The van der Waals surface area contributed by atoms with E-state index in [1.165, 1.54) is 23.3 Å². The highest BCUT2D eigenvalue weighted by atomic mass is 32.2. The SMILES string of the molecule is NC[C@H]1SCCc2ccccc21. The normalized spacial score (nSPS) is 21.9. The Morgan fingerprint density at radius 3 is 3.08 bits per heavy atom. The minimum Gasteiger partial charge on any atom is -0.329 e. The Hall–Kier alpha value is -0.470. The lowest BCUT2D eigenvalue weighted by Gasteiger charge is -2.23. The zero-order chi connectivity index (χ0) is 8.39. The molecule has 2 heteroatoms. The van der Waals surface area contributed by atoms with E-state index in [1.54, 1.807) is 0 Å². The van der Waals surface area contributed by atoms with Gasteiger partial charge in [0.05, 0.1) is 0 Å². The third-order valence-corrected chi connectivity index (χ3v) is 3.60. The molecule has 1 aliphatic rings. The molecule has 0 aromatic heterocycles. The summed E-state index contributed by atoms with van der Waals surface area (Å²) in [4.78, 5) is 0. The van der Waals surface area contributed by atoms with Crippen molar-refractivity contribution in [1.82, 2.24) is 0 Å². The number of nitrogens with two attached hydrogens (primary N) is 1. The summed E-state index contributed by atoms with van der Waals surface area (Å²) in [6, 6.07) is 8.65. The second kappa shape index (κ2) is 3.50. The summed E-state index contributed by atoms with van der Waals surface area (Å²) in [5.74, 6) is 1.22. The standard InChI is InChI=1S/C10H13NS/c11-7-10-9-4-2-1-3-8(9)5-6-12-10/h1-4,10H,5-7,11H2/t10-/m1/s1. The van der Waals surface area contributed by atoms with E-state index < -0.39 is 0 Å². The number of thioether (sulfide) groups is 1. The molecule has 0 unspecified atom stereocenters. The summed E-state index contributed by atoms with van der Waals surface area (Å²) < 4.78 is 0. The number of rotatable bonds is 1. The number of hydrogen-bond acceptors (Lipinski definition) is 2. The van der Waals surface area contributed by atoms with Crippen LogP contribution >= 0.6 is 11.8 Å². The minimum atomic E-state index is 0.537. The van der Waals surface area contributed by atoms with E-state index in [4.69, 9.17) is 5.73 Å². The first-order valence-electron chi connectivity index (χ1n) is 4.31. The van der Waals surface area contributed by atoms with Crippen LogP contribution < -0.4 is 5.73 Å². The molecule has 2 rings (SSSR count). The molecular formula is C10H13NS. The monoisotopic (exact) mass is 179 g/mol. The molecular weight excluding hydrogens is 166 g/mol. The predicted molar refractivity (Wildman–Crippen MR) is 54.4 cm³/mol. The predicted octanol–water partition coefficient (Wildman–Crippen LogP) is 1.98. The summed E-state index contributed by atoms with van der Waals surface area (Å²) >= 11 is 1.98. The van der Waals surface area contributed by atoms with Gasteiger partial charge in [-0.1, -0.05) is 24.3 Å². The third kappa shape index (κ3) is 1.37. The first-order chi connectivity index (χ1) is 5.92. The summed E-state index contributed by atoms with van der Waals surface area (Å²) in [6.07, 6.45) is 1.21. The van der Waals surface area contributed by atoms with Gasteiger partial charge < -0.3 is 5.73 Å². The van der Waals surface area contributed by atoms with Gasteiger partial charge in [-0.2, -0.15) is 11.8 Å². The largest absolute Gasteiger partial charge is 0.329 e. The van der Waals surface area contributed by atoms with Crippen molar-refractivity contribution >= 4 is 11.8 Å². The van der Waals surface area contributed by atoms with Crippen LogP contribution in [0.1, 0.15) is 16.4 Å². The second-order valence-corrected chi connectivity index (χ2v) is 4.35. The van der Waals surface area contributed by atoms with Crippen LogP contribution in [0, 0.1) is 0 Å². The van der Waals surface area contributed by atoms with Gasteiger partial charge in [0.2, 0.25) is 0 Å². The fourth-order valence-corrected chi connectivity index (χ4v) is 2.84. The van der Waals surface area contributed by atoms with Gasteiger partial charge in [0.15, 0.2) is 0 Å². The highest BCUT2D eigenvalue weighted by Crippen LogP contribution is 2.35. The van der Waals surface area contributed by atoms with Crippen LogP contribution in [-0.4, -0.2) is 12.3 Å². The van der Waals surface area contributed by atoms with Gasteiger partial charge in [-0.15, -0.1) is 0 Å². The summed E-state index contributed by atoms with van der Waals surface area (Å²) in [7, 11) is 0. The summed E-state index contributed by atoms with van der Waals surface area (Å²) in [5, 5.41) is 0.537. The lowest BCUT2D eigenvalue weighted by Crippen LogP contribution is -2.16. The number of aryl methyl sites for hydroxylation is 1. The van der Waals surface area contributed by atoms with Gasteiger partial charge in [-0.3, -0.25) is 0 Å². The van der Waals surface area contributed by atoms with Crippen LogP contribution in [-0.2, 0) is 6.42 Å². The quantitative estimate of drug-likeness (QED) is 0.713. The van der Waals surface area contributed by atoms with E-state index in [-0.39, 0.29) is 0 Å². The molecule has 1 aromatic carbocycles. The molecule has 0 saturated heterocycles. The number of hydrogen-bond donors (Lipinski definition) is 1. The third-order valence-electron chi connectivity index (χ3n) is 2.31. The fourth-order valence-electron chi connectivity index (χ4n) is 1.67. The first kappa shape index (κ1) is 8.14. The molecule has 0 aliphatic carbocycles. The van der Waals surface area contributed by atoms with Gasteiger partial charge in [0, 0.05) is 11.8 Å². The molecule has 1 aromatic rings. The van der Waals surface area contributed by atoms with Crippen molar-refractivity contribution < 1.29 is 0 Å².